The lowest BCUT2D eigenvalue weighted by molar-refractivity contribution is 0.0729. The zero-order valence-corrected chi connectivity index (χ0v) is 15.3. The summed E-state index contributed by atoms with van der Waals surface area (Å²) in [5, 5.41) is 0. The average Bonchev–Trinajstić information content (AvgIpc) is 3.03. The summed E-state index contributed by atoms with van der Waals surface area (Å²) in [4.78, 5) is 24.8. The Balaban J connectivity index is 1.58. The first-order valence-electron chi connectivity index (χ1n) is 8.75. The maximum absolute atomic E-state index is 13.7. The van der Waals surface area contributed by atoms with Crippen LogP contribution in [0.2, 0.25) is 0 Å². The minimum Gasteiger partial charge on any atom is -0.496 e. The van der Waals surface area contributed by atoms with Gasteiger partial charge in [-0.15, -0.1) is 0 Å². The van der Waals surface area contributed by atoms with Crippen molar-refractivity contribution in [2.75, 3.05) is 7.11 Å². The Morgan fingerprint density at radius 3 is 2.59 bits per heavy atom. The summed E-state index contributed by atoms with van der Waals surface area (Å²) in [7, 11) is 1.54. The number of esters is 1. The van der Waals surface area contributed by atoms with Gasteiger partial charge in [-0.05, 0) is 36.4 Å². The second-order valence-electron chi connectivity index (χ2n) is 6.21. The third kappa shape index (κ3) is 3.60. The smallest absolute Gasteiger partial charge is 0.346 e. The molecule has 0 amide bonds. The molecule has 29 heavy (non-hydrogen) atoms. The molecule has 1 heterocycles. The fraction of sp³-hybridized carbons (Fsp3) is 0.0435. The van der Waals surface area contributed by atoms with Crippen LogP contribution >= 0.6 is 0 Å². The molecule has 0 spiro atoms. The highest BCUT2D eigenvalue weighted by molar-refractivity contribution is 6.14. The number of allylic oxidation sites excluding steroid dienone is 1. The highest BCUT2D eigenvalue weighted by atomic mass is 19.1. The molecule has 0 saturated heterocycles. The molecule has 0 fully saturated rings. The van der Waals surface area contributed by atoms with Gasteiger partial charge in [0.15, 0.2) is 5.76 Å². The molecule has 0 atom stereocenters. The van der Waals surface area contributed by atoms with Crippen molar-refractivity contribution in [2.24, 2.45) is 0 Å². The van der Waals surface area contributed by atoms with Gasteiger partial charge in [-0.25, -0.2) is 9.18 Å². The zero-order chi connectivity index (χ0) is 20.4. The van der Waals surface area contributed by atoms with Crippen molar-refractivity contribution in [1.82, 2.24) is 0 Å². The summed E-state index contributed by atoms with van der Waals surface area (Å²) in [6, 6.07) is 17.1. The molecule has 6 heteroatoms. The van der Waals surface area contributed by atoms with Crippen LogP contribution in [-0.2, 0) is 0 Å². The quantitative estimate of drug-likeness (QED) is 0.368. The van der Waals surface area contributed by atoms with E-state index in [0.717, 1.165) is 0 Å². The lowest BCUT2D eigenvalue weighted by atomic mass is 10.1. The number of ketones is 1. The summed E-state index contributed by atoms with van der Waals surface area (Å²) < 4.78 is 29.9. The van der Waals surface area contributed by atoms with Crippen molar-refractivity contribution in [3.05, 3.63) is 95.0 Å². The Labute approximate surface area is 166 Å². The van der Waals surface area contributed by atoms with E-state index in [1.54, 1.807) is 31.4 Å². The standard InChI is InChI=1S/C23H15FO5/c1-27-19-9-5-2-6-14(19)12-21-22(25)17-11-10-15(13-20(17)29-21)28-23(26)16-7-3-4-8-18(16)24/h2-13H,1H3. The van der Waals surface area contributed by atoms with Crippen LogP contribution in [0.4, 0.5) is 4.39 Å². The van der Waals surface area contributed by atoms with Crippen LogP contribution in [0.3, 0.4) is 0 Å². The summed E-state index contributed by atoms with van der Waals surface area (Å²) in [6.07, 6.45) is 1.59. The van der Waals surface area contributed by atoms with Crippen molar-refractivity contribution < 1.29 is 28.2 Å². The predicted molar refractivity (Wildman–Crippen MR) is 104 cm³/mol. The Morgan fingerprint density at radius 2 is 1.79 bits per heavy atom. The van der Waals surface area contributed by atoms with Gasteiger partial charge >= 0.3 is 5.97 Å². The number of fused-ring (bicyclic) bond motifs is 1. The highest BCUT2D eigenvalue weighted by Gasteiger charge is 2.28. The van der Waals surface area contributed by atoms with Gasteiger partial charge < -0.3 is 14.2 Å². The second kappa shape index (κ2) is 7.59. The number of benzene rings is 3. The maximum atomic E-state index is 13.7. The lowest BCUT2D eigenvalue weighted by Gasteiger charge is -2.06. The largest absolute Gasteiger partial charge is 0.496 e. The lowest BCUT2D eigenvalue weighted by Crippen LogP contribution is -2.10. The summed E-state index contributed by atoms with van der Waals surface area (Å²) >= 11 is 0. The third-order valence-electron chi connectivity index (χ3n) is 4.37. The van der Waals surface area contributed by atoms with E-state index in [1.807, 2.05) is 12.1 Å². The number of halogens is 1. The molecular formula is C23H15FO5. The van der Waals surface area contributed by atoms with Crippen LogP contribution in [0.25, 0.3) is 6.08 Å². The number of rotatable bonds is 4. The highest BCUT2D eigenvalue weighted by Crippen LogP contribution is 2.36. The van der Waals surface area contributed by atoms with Crippen LogP contribution in [-0.4, -0.2) is 18.9 Å². The number of Topliss-reactive ketones (excluding diaryl/α,β-unsaturated/α-hetero) is 1. The number of hydrogen-bond donors (Lipinski definition) is 0. The summed E-state index contributed by atoms with van der Waals surface area (Å²) in [6.45, 7) is 0. The van der Waals surface area contributed by atoms with Crippen LogP contribution in [0, 0.1) is 5.82 Å². The Bertz CT molecular complexity index is 1150. The van der Waals surface area contributed by atoms with E-state index in [0.29, 0.717) is 16.9 Å². The Kier molecular flexibility index (Phi) is 4.83. The predicted octanol–water partition coefficient (Wildman–Crippen LogP) is 4.67. The number of hydrogen-bond acceptors (Lipinski definition) is 5. The van der Waals surface area contributed by atoms with Crippen LogP contribution < -0.4 is 14.2 Å². The van der Waals surface area contributed by atoms with Gasteiger partial charge in [-0.3, -0.25) is 4.79 Å². The molecule has 5 nitrogen and oxygen atoms in total. The van der Waals surface area contributed by atoms with Gasteiger partial charge in [0.2, 0.25) is 5.78 Å². The van der Waals surface area contributed by atoms with Crippen molar-refractivity contribution in [3.63, 3.8) is 0 Å². The number of carbonyl (C=O) groups is 2. The van der Waals surface area contributed by atoms with Gasteiger partial charge in [-0.1, -0.05) is 30.3 Å². The van der Waals surface area contributed by atoms with Gasteiger partial charge in [-0.2, -0.15) is 0 Å². The molecule has 0 radical (unpaired) electrons. The van der Waals surface area contributed by atoms with Crippen molar-refractivity contribution in [3.8, 4) is 17.2 Å². The van der Waals surface area contributed by atoms with E-state index in [4.69, 9.17) is 14.2 Å². The molecule has 3 aromatic carbocycles. The molecule has 0 aromatic heterocycles. The van der Waals surface area contributed by atoms with E-state index < -0.39 is 11.8 Å². The zero-order valence-electron chi connectivity index (χ0n) is 15.3. The fourth-order valence-corrected chi connectivity index (χ4v) is 2.95. The Morgan fingerprint density at radius 1 is 1.03 bits per heavy atom. The number of carbonyl (C=O) groups excluding carboxylic acids is 2. The molecule has 3 aromatic rings. The molecule has 0 N–H and O–H groups in total. The second-order valence-corrected chi connectivity index (χ2v) is 6.21. The van der Waals surface area contributed by atoms with Crippen LogP contribution in [0.15, 0.2) is 72.5 Å². The first kappa shape index (κ1) is 18.4. The topological polar surface area (TPSA) is 61.8 Å². The summed E-state index contributed by atoms with van der Waals surface area (Å²) in [5.41, 5.74) is 0.857. The molecule has 0 bridgehead atoms. The SMILES string of the molecule is COc1ccccc1C=C1Oc2cc(OC(=O)c3ccccc3F)ccc2C1=O. The number of ether oxygens (including phenoxy) is 3. The van der Waals surface area contributed by atoms with E-state index in [1.165, 1.54) is 36.4 Å². The van der Waals surface area contributed by atoms with Crippen molar-refractivity contribution in [1.29, 1.82) is 0 Å². The molecule has 1 aliphatic heterocycles. The van der Waals surface area contributed by atoms with E-state index in [9.17, 15) is 14.0 Å². The fourth-order valence-electron chi connectivity index (χ4n) is 2.95. The van der Waals surface area contributed by atoms with Crippen LogP contribution in [0.1, 0.15) is 26.3 Å². The number of methoxy groups -OCH3 is 1. The monoisotopic (exact) mass is 390 g/mol. The molecule has 4 rings (SSSR count). The van der Waals surface area contributed by atoms with E-state index in [2.05, 4.69) is 0 Å². The van der Waals surface area contributed by atoms with Gasteiger partial charge in [0.1, 0.15) is 23.1 Å². The minimum absolute atomic E-state index is 0.127. The number of para-hydroxylation sites is 1. The van der Waals surface area contributed by atoms with Crippen LogP contribution in [0.5, 0.6) is 17.2 Å². The molecule has 0 saturated carbocycles. The van der Waals surface area contributed by atoms with E-state index in [-0.39, 0.29) is 28.6 Å². The first-order chi connectivity index (χ1) is 14.1. The van der Waals surface area contributed by atoms with Gasteiger partial charge in [0, 0.05) is 11.6 Å². The average molecular weight is 390 g/mol. The normalized spacial score (nSPS) is 13.7. The van der Waals surface area contributed by atoms with Gasteiger partial charge in [0.05, 0.1) is 18.2 Å². The third-order valence-corrected chi connectivity index (χ3v) is 4.37. The van der Waals surface area contributed by atoms with Crippen molar-refractivity contribution >= 4 is 17.8 Å². The first-order valence-corrected chi connectivity index (χ1v) is 8.75. The molecular weight excluding hydrogens is 375 g/mol. The maximum Gasteiger partial charge on any atom is 0.346 e. The Hall–Kier alpha value is -3.93. The van der Waals surface area contributed by atoms with Crippen molar-refractivity contribution in [2.45, 2.75) is 0 Å². The summed E-state index contributed by atoms with van der Waals surface area (Å²) in [5.74, 6) is -0.672. The molecule has 0 unspecified atom stereocenters. The van der Waals surface area contributed by atoms with E-state index >= 15 is 0 Å². The van der Waals surface area contributed by atoms with Gasteiger partial charge in [0.25, 0.3) is 0 Å². The molecule has 144 valence electrons. The molecule has 0 aliphatic carbocycles. The molecule has 1 aliphatic rings. The minimum atomic E-state index is -0.836.